The van der Waals surface area contributed by atoms with E-state index in [4.69, 9.17) is 16.3 Å². The van der Waals surface area contributed by atoms with Crippen LogP contribution in [0.15, 0.2) is 48.8 Å². The summed E-state index contributed by atoms with van der Waals surface area (Å²) in [5, 5.41) is 0.686. The summed E-state index contributed by atoms with van der Waals surface area (Å²) < 4.78 is 9.29. The van der Waals surface area contributed by atoms with Gasteiger partial charge in [0.2, 0.25) is 0 Å². The Morgan fingerprint density at radius 3 is 2.48 bits per heavy atom. The lowest BCUT2D eigenvalue weighted by atomic mass is 10.1. The number of imidazole rings is 1. The fraction of sp³-hybridized carbons (Fsp3) is 0.176. The van der Waals surface area contributed by atoms with E-state index >= 15 is 0 Å². The molecule has 0 saturated heterocycles. The summed E-state index contributed by atoms with van der Waals surface area (Å²) in [5.74, 6) is 0.516. The van der Waals surface area contributed by atoms with Crippen LogP contribution in [0.1, 0.15) is 0 Å². The largest absolute Gasteiger partial charge is 0.414 e. The van der Waals surface area contributed by atoms with Crippen LogP contribution in [0, 0.1) is 0 Å². The molecule has 0 saturated carbocycles. The molecule has 0 aliphatic heterocycles. The zero-order valence-electron chi connectivity index (χ0n) is 13.2. The highest BCUT2D eigenvalue weighted by atomic mass is 35.5. The number of carbonyl (C=O) groups is 1. The van der Waals surface area contributed by atoms with Gasteiger partial charge < -0.3 is 9.64 Å². The average Bonchev–Trinajstić information content (AvgIpc) is 2.84. The molecule has 0 bridgehead atoms. The second-order valence-corrected chi connectivity index (χ2v) is 5.91. The number of amides is 1. The maximum atomic E-state index is 11.6. The number of pyridine rings is 1. The van der Waals surface area contributed by atoms with E-state index in [-0.39, 0.29) is 0 Å². The van der Waals surface area contributed by atoms with E-state index in [2.05, 4.69) is 4.57 Å². The lowest BCUT2D eigenvalue weighted by Crippen LogP contribution is -2.25. The Balaban J connectivity index is 1.93. The molecule has 0 N–H and O–H groups in total. The van der Waals surface area contributed by atoms with E-state index in [1.54, 1.807) is 26.2 Å². The van der Waals surface area contributed by atoms with Gasteiger partial charge >= 0.3 is 6.09 Å². The van der Waals surface area contributed by atoms with Crippen molar-refractivity contribution in [2.45, 2.75) is 0 Å². The summed E-state index contributed by atoms with van der Waals surface area (Å²) >= 11 is 6.04. The number of aryl methyl sites for hydroxylation is 1. The minimum Gasteiger partial charge on any atom is -0.410 e. The highest BCUT2D eigenvalue weighted by Gasteiger charge is 2.16. The fourth-order valence-corrected chi connectivity index (χ4v) is 2.53. The van der Waals surface area contributed by atoms with Gasteiger partial charge in [-0.1, -0.05) is 11.6 Å². The molecule has 23 heavy (non-hydrogen) atoms. The molecule has 0 radical (unpaired) electrons. The summed E-state index contributed by atoms with van der Waals surface area (Å²) in [6, 6.07) is 11.3. The van der Waals surface area contributed by atoms with Gasteiger partial charge in [-0.05, 0) is 30.3 Å². The summed E-state index contributed by atoms with van der Waals surface area (Å²) in [6.07, 6.45) is 3.49. The Kier molecular flexibility index (Phi) is 3.96. The van der Waals surface area contributed by atoms with Gasteiger partial charge in [0.25, 0.3) is 5.65 Å². The first-order valence-corrected chi connectivity index (χ1v) is 7.49. The molecule has 5 nitrogen and oxygen atoms in total. The smallest absolute Gasteiger partial charge is 0.410 e. The van der Waals surface area contributed by atoms with Gasteiger partial charge in [-0.2, -0.15) is 0 Å². The molecular weight excluding hydrogens is 314 g/mol. The molecule has 0 atom stereocenters. The topological polar surface area (TPSA) is 38.6 Å². The zero-order valence-corrected chi connectivity index (χ0v) is 13.9. The molecule has 0 aliphatic rings. The third-order valence-electron chi connectivity index (χ3n) is 3.61. The molecule has 118 valence electrons. The molecule has 3 aromatic rings. The quantitative estimate of drug-likeness (QED) is 0.677. The highest BCUT2D eigenvalue weighted by molar-refractivity contribution is 6.30. The Bertz CT molecular complexity index is 869. The first kappa shape index (κ1) is 15.4. The van der Waals surface area contributed by atoms with Gasteiger partial charge in [-0.25, -0.2) is 13.8 Å². The number of aromatic nitrogens is 2. The Hall–Kier alpha value is -2.53. The van der Waals surface area contributed by atoms with Crippen molar-refractivity contribution in [1.29, 1.82) is 0 Å². The van der Waals surface area contributed by atoms with Crippen LogP contribution < -0.4 is 9.14 Å². The summed E-state index contributed by atoms with van der Waals surface area (Å²) in [7, 11) is 5.29. The van der Waals surface area contributed by atoms with Crippen molar-refractivity contribution in [1.82, 2.24) is 9.47 Å². The SMILES string of the molecule is CN(C)C(=O)Oc1ccc(-c2c[n+]3cc(Cl)ccc3n2C)cc1. The molecule has 2 heterocycles. The monoisotopic (exact) mass is 330 g/mol. The van der Waals surface area contributed by atoms with E-state index in [0.29, 0.717) is 10.8 Å². The van der Waals surface area contributed by atoms with Crippen molar-refractivity contribution in [3.63, 3.8) is 0 Å². The zero-order chi connectivity index (χ0) is 16.6. The maximum Gasteiger partial charge on any atom is 0.414 e. The van der Waals surface area contributed by atoms with Gasteiger partial charge in [0, 0.05) is 25.7 Å². The van der Waals surface area contributed by atoms with Crippen LogP contribution in [0.4, 0.5) is 4.79 Å². The first-order valence-electron chi connectivity index (χ1n) is 7.11. The van der Waals surface area contributed by atoms with Crippen LogP contribution in [0.2, 0.25) is 5.02 Å². The second kappa shape index (κ2) is 5.93. The van der Waals surface area contributed by atoms with E-state index in [0.717, 1.165) is 16.9 Å². The standard InChI is InChI=1S/C17H17ClN3O2/c1-19(2)17(22)23-14-7-4-12(5-8-14)15-11-21-10-13(18)6-9-16(21)20(15)3/h4-11H,1-3H3/q+1. The number of hydrogen-bond donors (Lipinski definition) is 0. The molecule has 0 aliphatic carbocycles. The molecule has 6 heteroatoms. The predicted octanol–water partition coefficient (Wildman–Crippen LogP) is 3.14. The molecule has 1 amide bonds. The number of rotatable bonds is 2. The normalized spacial score (nSPS) is 10.8. The van der Waals surface area contributed by atoms with E-state index in [1.807, 2.05) is 48.1 Å². The van der Waals surface area contributed by atoms with Crippen molar-refractivity contribution in [2.24, 2.45) is 7.05 Å². The number of carbonyl (C=O) groups excluding carboxylic acids is 1. The number of benzene rings is 1. The highest BCUT2D eigenvalue weighted by Crippen LogP contribution is 2.23. The Morgan fingerprint density at radius 1 is 1.13 bits per heavy atom. The van der Waals surface area contributed by atoms with Gasteiger partial charge in [0.1, 0.15) is 18.1 Å². The van der Waals surface area contributed by atoms with Crippen molar-refractivity contribution in [2.75, 3.05) is 14.1 Å². The molecule has 0 spiro atoms. The number of fused-ring (bicyclic) bond motifs is 1. The van der Waals surface area contributed by atoms with Gasteiger partial charge in [0.15, 0.2) is 5.69 Å². The maximum absolute atomic E-state index is 11.6. The van der Waals surface area contributed by atoms with Crippen molar-refractivity contribution in [3.8, 4) is 17.0 Å². The lowest BCUT2D eigenvalue weighted by Gasteiger charge is -2.10. The number of halogens is 1. The first-order chi connectivity index (χ1) is 11.0. The summed E-state index contributed by atoms with van der Waals surface area (Å²) in [5.41, 5.74) is 3.10. The fourth-order valence-electron chi connectivity index (χ4n) is 2.37. The minimum absolute atomic E-state index is 0.396. The minimum atomic E-state index is -0.396. The molecule has 2 aromatic heterocycles. The van der Waals surface area contributed by atoms with Crippen LogP contribution in [0.3, 0.4) is 0 Å². The number of hydrogen-bond acceptors (Lipinski definition) is 2. The Labute approximate surface area is 139 Å². The third kappa shape index (κ3) is 3.00. The van der Waals surface area contributed by atoms with Gasteiger partial charge in [-0.3, -0.25) is 0 Å². The average molecular weight is 331 g/mol. The molecule has 3 rings (SSSR count). The van der Waals surface area contributed by atoms with Crippen molar-refractivity contribution >= 4 is 23.3 Å². The summed E-state index contributed by atoms with van der Waals surface area (Å²) in [6.45, 7) is 0. The van der Waals surface area contributed by atoms with Crippen LogP contribution in [-0.2, 0) is 7.05 Å². The van der Waals surface area contributed by atoms with E-state index < -0.39 is 6.09 Å². The van der Waals surface area contributed by atoms with E-state index in [9.17, 15) is 4.79 Å². The van der Waals surface area contributed by atoms with Gasteiger partial charge in [0.05, 0.1) is 12.1 Å². The predicted molar refractivity (Wildman–Crippen MR) is 88.7 cm³/mol. The van der Waals surface area contributed by atoms with Crippen LogP contribution in [0.5, 0.6) is 5.75 Å². The third-order valence-corrected chi connectivity index (χ3v) is 3.83. The molecular formula is C17H17ClN3O2+. The lowest BCUT2D eigenvalue weighted by molar-refractivity contribution is -0.510. The number of ether oxygens (including phenoxy) is 1. The van der Waals surface area contributed by atoms with Crippen LogP contribution in [0.25, 0.3) is 16.9 Å². The molecule has 1 aromatic carbocycles. The molecule has 0 unspecified atom stereocenters. The van der Waals surface area contributed by atoms with Crippen LogP contribution in [-0.4, -0.2) is 29.7 Å². The van der Waals surface area contributed by atoms with E-state index in [1.165, 1.54) is 4.90 Å². The second-order valence-electron chi connectivity index (χ2n) is 5.47. The van der Waals surface area contributed by atoms with Crippen molar-refractivity contribution in [3.05, 3.63) is 53.8 Å². The summed E-state index contributed by atoms with van der Waals surface area (Å²) in [4.78, 5) is 12.9. The molecule has 0 fully saturated rings. The van der Waals surface area contributed by atoms with Crippen LogP contribution >= 0.6 is 11.6 Å². The Morgan fingerprint density at radius 2 is 1.83 bits per heavy atom. The van der Waals surface area contributed by atoms with Gasteiger partial charge in [-0.15, -0.1) is 0 Å². The van der Waals surface area contributed by atoms with Crippen molar-refractivity contribution < 1.29 is 13.9 Å². The number of nitrogens with zero attached hydrogens (tertiary/aromatic N) is 3.